The Morgan fingerprint density at radius 2 is 0.451 bits per heavy atom. The standard InChI is InChI=1S/C43H66N2.2C18H37.Ni/c1-7-13-19-21-27-41-40(26-20-14-8-2)42(38-30-34(22-15-9-3)28-35(31-38)23-16-10-4)45(44)43(41)39-32-36(24-17-11-5)29-37(33-39)25-18-12-6;2*1-3-5-7-9-11-13-15-17-18-16-14-12-10-8-6-4-2;/h28-33H,7-27H2,1-6H3;2*1,3-18H2,2H3;/q;2*-1;+2. The number of rotatable bonds is 53. The Hall–Kier alpha value is -1.99. The Morgan fingerprint density at radius 3 is 0.683 bits per heavy atom. The smallest absolute Gasteiger partial charge is 0.493 e. The zero-order valence-electron chi connectivity index (χ0n) is 56.6. The minimum absolute atomic E-state index is 0. The van der Waals surface area contributed by atoms with Crippen molar-refractivity contribution in [2.24, 2.45) is 0 Å². The van der Waals surface area contributed by atoms with Gasteiger partial charge in [0, 0.05) is 22.3 Å². The molecular weight excluding hydrogens is 1040 g/mol. The van der Waals surface area contributed by atoms with E-state index in [1.807, 2.05) is 0 Å². The van der Waals surface area contributed by atoms with Crippen LogP contribution in [0.2, 0.25) is 0 Å². The zero-order valence-corrected chi connectivity index (χ0v) is 57.6. The van der Waals surface area contributed by atoms with E-state index in [0.717, 1.165) is 62.8 Å². The molecule has 0 aromatic heterocycles. The van der Waals surface area contributed by atoms with Gasteiger partial charge in [-0.2, -0.15) is 12.8 Å². The largest absolute Gasteiger partial charge is 2.00 e. The van der Waals surface area contributed by atoms with E-state index in [0.29, 0.717) is 0 Å². The fourth-order valence-electron chi connectivity index (χ4n) is 12.1. The van der Waals surface area contributed by atoms with Gasteiger partial charge in [-0.15, -0.1) is 0 Å². The van der Waals surface area contributed by atoms with E-state index < -0.39 is 0 Å². The van der Waals surface area contributed by atoms with E-state index in [1.165, 1.54) is 333 Å². The summed E-state index contributed by atoms with van der Waals surface area (Å²) in [4.78, 5) is 0. The normalized spacial score (nSPS) is 12.2. The molecule has 0 unspecified atom stereocenters. The van der Waals surface area contributed by atoms with Gasteiger partial charge in [-0.1, -0.05) is 318 Å². The number of hydrogen-bond acceptors (Lipinski definition) is 0. The fourth-order valence-corrected chi connectivity index (χ4v) is 12.1. The number of aryl methyl sites for hydroxylation is 4. The molecule has 2 nitrogen and oxygen atoms in total. The van der Waals surface area contributed by atoms with Crippen LogP contribution in [0.1, 0.15) is 403 Å². The van der Waals surface area contributed by atoms with Crippen molar-refractivity contribution in [3.63, 3.8) is 0 Å². The molecule has 82 heavy (non-hydrogen) atoms. The summed E-state index contributed by atoms with van der Waals surface area (Å²) in [6.45, 7) is 26.1. The predicted molar refractivity (Wildman–Crippen MR) is 367 cm³/mol. The van der Waals surface area contributed by atoms with Gasteiger partial charge in [0.15, 0.2) is 0 Å². The van der Waals surface area contributed by atoms with Crippen molar-refractivity contribution in [1.82, 2.24) is 0 Å². The van der Waals surface area contributed by atoms with Crippen LogP contribution in [-0.4, -0.2) is 4.70 Å². The second kappa shape index (κ2) is 59.4. The molecule has 2 aromatic rings. The monoisotopic (exact) mass is 1180 g/mol. The number of allylic oxidation sites excluding steroid dienone is 2. The summed E-state index contributed by atoms with van der Waals surface area (Å²) < 4.78 is 1.65. The van der Waals surface area contributed by atoms with E-state index in [4.69, 9.17) is 0 Å². The first kappa shape index (κ1) is 80.0. The minimum Gasteiger partial charge on any atom is -0.493 e. The molecule has 1 aliphatic heterocycles. The number of hydrogen-bond donors (Lipinski definition) is 0. The van der Waals surface area contributed by atoms with E-state index in [9.17, 15) is 5.53 Å². The van der Waals surface area contributed by atoms with Gasteiger partial charge in [0.25, 0.3) is 0 Å². The SMILES string of the molecule is CCCCCCC1=C(c2cc(CCCC)cc(CCCC)c2)[N+](=[N-])C(c2cc(CCCC)cc(CCCC)c2)=C1CCCCC.[CH2-]CCCCCCCCCCCCCCCCC.[CH2-]CCCCCCCCCCCCCCCCC.[Ni+2]. The summed E-state index contributed by atoms with van der Waals surface area (Å²) in [6.07, 6.45) is 70.4. The molecule has 0 amide bonds. The predicted octanol–water partition coefficient (Wildman–Crippen LogP) is 27.9. The first-order valence-electron chi connectivity index (χ1n) is 36.6. The van der Waals surface area contributed by atoms with Crippen LogP contribution in [0, 0.1) is 13.8 Å². The van der Waals surface area contributed by atoms with Gasteiger partial charge in [0.2, 0.25) is 11.4 Å². The summed E-state index contributed by atoms with van der Waals surface area (Å²) in [5.41, 5.74) is 25.5. The maximum Gasteiger partial charge on any atom is 2.00 e. The number of unbranched alkanes of at least 4 members (excludes halogenated alkanes) is 39. The van der Waals surface area contributed by atoms with E-state index in [1.54, 1.807) is 4.70 Å². The van der Waals surface area contributed by atoms with Gasteiger partial charge in [-0.25, -0.2) is 4.70 Å². The second-order valence-electron chi connectivity index (χ2n) is 25.3. The van der Waals surface area contributed by atoms with Crippen molar-refractivity contribution in [2.45, 2.75) is 396 Å². The Bertz CT molecular complexity index is 1680. The fraction of sp³-hybridized carbons (Fsp3) is 0.772. The molecule has 3 heteroatoms. The number of nitrogens with zero attached hydrogens (tertiary/aromatic N) is 2. The molecule has 0 spiro atoms. The molecule has 0 fully saturated rings. The Kier molecular flexibility index (Phi) is 57.9. The average Bonchev–Trinajstić information content (AvgIpc) is 3.88. The molecule has 0 saturated carbocycles. The Morgan fingerprint density at radius 1 is 0.256 bits per heavy atom. The van der Waals surface area contributed by atoms with Gasteiger partial charge < -0.3 is 19.4 Å². The first-order chi connectivity index (χ1) is 39.8. The molecule has 0 N–H and O–H groups in total. The van der Waals surface area contributed by atoms with Crippen molar-refractivity contribution in [1.29, 1.82) is 0 Å². The van der Waals surface area contributed by atoms with E-state index in [2.05, 4.69) is 106 Å². The van der Waals surface area contributed by atoms with Crippen LogP contribution in [0.15, 0.2) is 47.5 Å². The van der Waals surface area contributed by atoms with Crippen molar-refractivity contribution in [2.75, 3.05) is 0 Å². The van der Waals surface area contributed by atoms with Crippen molar-refractivity contribution in [3.05, 3.63) is 100 Å². The van der Waals surface area contributed by atoms with E-state index in [-0.39, 0.29) is 16.5 Å². The molecular formula is C79H140N2Ni. The third kappa shape index (κ3) is 40.4. The maximum absolute atomic E-state index is 12.4. The van der Waals surface area contributed by atoms with Crippen LogP contribution in [0.25, 0.3) is 16.9 Å². The van der Waals surface area contributed by atoms with Crippen molar-refractivity contribution < 1.29 is 21.2 Å². The third-order valence-electron chi connectivity index (χ3n) is 17.3. The van der Waals surface area contributed by atoms with Crippen LogP contribution in [0.5, 0.6) is 0 Å². The second-order valence-corrected chi connectivity index (χ2v) is 25.3. The molecule has 1 aliphatic rings. The Labute approximate surface area is 525 Å². The van der Waals surface area contributed by atoms with E-state index >= 15 is 0 Å². The van der Waals surface area contributed by atoms with Crippen molar-refractivity contribution >= 4 is 11.4 Å². The molecule has 0 aliphatic carbocycles. The van der Waals surface area contributed by atoms with Crippen LogP contribution < -0.4 is 0 Å². The van der Waals surface area contributed by atoms with Gasteiger partial charge in [0.1, 0.15) is 0 Å². The Balaban J connectivity index is 0.00000146. The first-order valence-corrected chi connectivity index (χ1v) is 36.6. The average molecular weight is 1180 g/mol. The van der Waals surface area contributed by atoms with Gasteiger partial charge in [-0.05, 0) is 124 Å². The summed E-state index contributed by atoms with van der Waals surface area (Å²) in [5.74, 6) is 0. The molecule has 0 radical (unpaired) electrons. The quantitative estimate of drug-likeness (QED) is 0.0273. The third-order valence-corrected chi connectivity index (χ3v) is 17.3. The summed E-state index contributed by atoms with van der Waals surface area (Å²) in [7, 11) is 0. The van der Waals surface area contributed by atoms with Crippen LogP contribution in [0.4, 0.5) is 0 Å². The molecule has 0 saturated heterocycles. The summed E-state index contributed by atoms with van der Waals surface area (Å²) in [5, 5.41) is 0. The molecule has 1 heterocycles. The molecule has 0 atom stereocenters. The molecule has 476 valence electrons. The van der Waals surface area contributed by atoms with Crippen molar-refractivity contribution in [3.8, 4) is 0 Å². The minimum atomic E-state index is 0. The van der Waals surface area contributed by atoms with Crippen LogP contribution in [0.3, 0.4) is 0 Å². The topological polar surface area (TPSA) is 25.3 Å². The van der Waals surface area contributed by atoms with Gasteiger partial charge >= 0.3 is 16.5 Å². The summed E-state index contributed by atoms with van der Waals surface area (Å²) in [6, 6.07) is 14.5. The van der Waals surface area contributed by atoms with Gasteiger partial charge in [-0.3, -0.25) is 0 Å². The molecule has 3 rings (SSSR count). The molecule has 2 aromatic carbocycles. The summed E-state index contributed by atoms with van der Waals surface area (Å²) >= 11 is 0. The van der Waals surface area contributed by atoms with Crippen LogP contribution >= 0.6 is 0 Å². The zero-order chi connectivity index (χ0) is 59.1. The van der Waals surface area contributed by atoms with Crippen LogP contribution in [-0.2, 0) is 42.2 Å². The number of benzene rings is 2. The maximum atomic E-state index is 12.4. The van der Waals surface area contributed by atoms with Gasteiger partial charge in [0.05, 0.1) is 0 Å². The molecule has 0 bridgehead atoms.